The summed E-state index contributed by atoms with van der Waals surface area (Å²) in [5.74, 6) is -1.36. The monoisotopic (exact) mass is 830 g/mol. The Bertz CT molecular complexity index is 2250. The Morgan fingerprint density at radius 3 is 2.15 bits per heavy atom. The smallest absolute Gasteiger partial charge is 0.262 e. The molecule has 0 aliphatic carbocycles. The lowest BCUT2D eigenvalue weighted by Crippen LogP contribution is -2.54. The van der Waals surface area contributed by atoms with Gasteiger partial charge >= 0.3 is 0 Å². The average Bonchev–Trinajstić information content (AvgIpc) is 3.71. The number of piperidine rings is 3. The van der Waals surface area contributed by atoms with Gasteiger partial charge in [0.05, 0.1) is 21.7 Å². The highest BCUT2D eigenvalue weighted by molar-refractivity contribution is 6.32. The van der Waals surface area contributed by atoms with Crippen molar-refractivity contribution in [2.75, 3.05) is 80.1 Å². The van der Waals surface area contributed by atoms with Gasteiger partial charge in [-0.25, -0.2) is 0 Å². The first-order chi connectivity index (χ1) is 29.0. The number of imide groups is 2. The van der Waals surface area contributed by atoms with Gasteiger partial charge in [0.1, 0.15) is 12.1 Å². The van der Waals surface area contributed by atoms with Crippen LogP contribution in [0.1, 0.15) is 88.5 Å². The minimum atomic E-state index is -0.975. The van der Waals surface area contributed by atoms with E-state index in [1.807, 2.05) is 41.3 Å². The highest BCUT2D eigenvalue weighted by atomic mass is 35.5. The number of carbonyl (C=O) groups excluding carboxylic acids is 5. The third kappa shape index (κ3) is 7.60. The number of nitrogens with zero attached hydrogens (tertiary/aromatic N) is 7. The number of hydrogen-bond acceptors (Lipinski definition) is 10. The van der Waals surface area contributed by atoms with E-state index in [0.717, 1.165) is 125 Å². The topological polar surface area (TPSA) is 141 Å². The second kappa shape index (κ2) is 16.2. The molecule has 0 aromatic heterocycles. The molecule has 3 aromatic rings. The molecule has 5 amide bonds. The van der Waals surface area contributed by atoms with Crippen molar-refractivity contribution in [1.82, 2.24) is 20.0 Å². The fraction of sp³-hybridized carbons (Fsp3) is 0.478. The normalized spacial score (nSPS) is 23.6. The summed E-state index contributed by atoms with van der Waals surface area (Å²) < 4.78 is 0. The van der Waals surface area contributed by atoms with E-state index in [2.05, 4.69) is 50.0 Å². The number of benzene rings is 3. The van der Waals surface area contributed by atoms with Gasteiger partial charge in [0.15, 0.2) is 0 Å². The Balaban J connectivity index is 0.717. The lowest BCUT2D eigenvalue weighted by atomic mass is 9.76. The lowest BCUT2D eigenvalue weighted by Gasteiger charge is -2.40. The number of hydrogen-bond donors (Lipinski definition) is 1. The number of likely N-dealkylation sites (tertiary alicyclic amines) is 1. The van der Waals surface area contributed by atoms with Crippen LogP contribution in [0.3, 0.4) is 0 Å². The molecule has 6 aliphatic rings. The van der Waals surface area contributed by atoms with Gasteiger partial charge < -0.3 is 19.6 Å². The first-order valence-corrected chi connectivity index (χ1v) is 21.8. The van der Waals surface area contributed by atoms with Crippen LogP contribution in [0, 0.1) is 22.7 Å². The quantitative estimate of drug-likeness (QED) is 0.317. The molecular weight excluding hydrogens is 780 g/mol. The number of nitrogens with one attached hydrogen (secondary N) is 1. The summed E-state index contributed by atoms with van der Waals surface area (Å²) in [6.07, 6.45) is 5.53. The molecule has 1 unspecified atom stereocenters. The number of nitriles is 1. The first kappa shape index (κ1) is 40.0. The third-order valence-electron chi connectivity index (χ3n) is 14.1. The zero-order valence-corrected chi connectivity index (χ0v) is 34.8. The van der Waals surface area contributed by atoms with E-state index < -0.39 is 29.7 Å². The summed E-state index contributed by atoms with van der Waals surface area (Å²) in [5.41, 5.74) is 5.23. The minimum Gasteiger partial charge on any atom is -0.371 e. The second-order valence-corrected chi connectivity index (χ2v) is 18.1. The number of amides is 5. The summed E-state index contributed by atoms with van der Waals surface area (Å²) in [7, 11) is 0. The Morgan fingerprint density at radius 1 is 0.800 bits per heavy atom. The van der Waals surface area contributed by atoms with Gasteiger partial charge in [-0.15, -0.1) is 0 Å². The predicted molar refractivity (Wildman–Crippen MR) is 228 cm³/mol. The van der Waals surface area contributed by atoms with E-state index in [-0.39, 0.29) is 24.2 Å². The Morgan fingerprint density at radius 2 is 1.47 bits per heavy atom. The summed E-state index contributed by atoms with van der Waals surface area (Å²) in [6.45, 7) is 11.1. The van der Waals surface area contributed by atoms with Gasteiger partial charge in [-0.2, -0.15) is 5.26 Å². The fourth-order valence-electron chi connectivity index (χ4n) is 10.6. The molecule has 5 fully saturated rings. The molecule has 0 saturated carbocycles. The maximum Gasteiger partial charge on any atom is 0.262 e. The number of halogens is 1. The van der Waals surface area contributed by atoms with Gasteiger partial charge in [-0.05, 0) is 117 Å². The third-order valence-corrected chi connectivity index (χ3v) is 14.4. The van der Waals surface area contributed by atoms with Gasteiger partial charge in [-0.3, -0.25) is 39.1 Å². The zero-order valence-electron chi connectivity index (χ0n) is 34.1. The van der Waals surface area contributed by atoms with Gasteiger partial charge in [0.25, 0.3) is 17.7 Å². The van der Waals surface area contributed by atoms with E-state index in [0.29, 0.717) is 33.7 Å². The van der Waals surface area contributed by atoms with E-state index in [4.69, 9.17) is 11.6 Å². The van der Waals surface area contributed by atoms with Crippen LogP contribution in [-0.2, 0) is 9.59 Å². The Labute approximate surface area is 355 Å². The molecule has 60 heavy (non-hydrogen) atoms. The summed E-state index contributed by atoms with van der Waals surface area (Å²) in [6, 6.07) is 20.9. The van der Waals surface area contributed by atoms with Crippen molar-refractivity contribution in [3.63, 3.8) is 0 Å². The van der Waals surface area contributed by atoms with Crippen LogP contribution in [0.5, 0.6) is 0 Å². The molecule has 2 atom stereocenters. The van der Waals surface area contributed by atoms with E-state index in [1.165, 1.54) is 0 Å². The van der Waals surface area contributed by atoms with E-state index in [9.17, 15) is 29.2 Å². The Hall–Kier alpha value is -5.45. The molecule has 1 N–H and O–H groups in total. The van der Waals surface area contributed by atoms with Crippen LogP contribution in [0.15, 0.2) is 60.7 Å². The fourth-order valence-corrected chi connectivity index (χ4v) is 10.8. The average molecular weight is 831 g/mol. The molecular formula is C46H51ClN8O5. The van der Waals surface area contributed by atoms with Gasteiger partial charge in [0, 0.05) is 101 Å². The highest BCUT2D eigenvalue weighted by Crippen LogP contribution is 2.46. The van der Waals surface area contributed by atoms with Crippen LogP contribution in [0.25, 0.3) is 0 Å². The standard InChI is InChI=1S/C46H51ClN8O5/c1-30-26-46(29-54(30)36-7-4-33(27-48)39(47)25-36)14-18-51(19-15-46)34-5-2-32(3-6-34)43(58)53-16-12-31(13-17-53)28-50-20-22-52(23-21-50)35-8-9-37-38(24-35)45(60)55(44(37)59)40-10-11-41(56)49-42(40)57/h2-9,24-25,30-31,40H,10-23,26,28-29H2,1H3,(H,49,56,57)/t30-,40?/m0/s1. The summed E-state index contributed by atoms with van der Waals surface area (Å²) in [4.78, 5) is 76.8. The second-order valence-electron chi connectivity index (χ2n) is 17.7. The number of carbonyl (C=O) groups is 5. The SMILES string of the molecule is C[C@H]1CC2(CCN(c3ccc(C(=O)N4CCC(CN5CCN(c6ccc7c(c6)C(=O)N(C6CCC(=O)NC6=O)C7=O)CC5)CC4)cc3)CC2)CN1c1ccc(C#N)c(Cl)c1. The van der Waals surface area contributed by atoms with Gasteiger partial charge in [-0.1, -0.05) is 11.6 Å². The number of piperazine rings is 1. The number of anilines is 3. The largest absolute Gasteiger partial charge is 0.371 e. The maximum atomic E-state index is 13.6. The molecule has 1 spiro atoms. The van der Waals surface area contributed by atoms with E-state index in [1.54, 1.807) is 12.1 Å². The van der Waals surface area contributed by atoms with Crippen molar-refractivity contribution >= 4 is 58.2 Å². The predicted octanol–water partition coefficient (Wildman–Crippen LogP) is 5.17. The van der Waals surface area contributed by atoms with Crippen molar-refractivity contribution in [3.8, 4) is 6.07 Å². The van der Waals surface area contributed by atoms with Crippen molar-refractivity contribution in [2.45, 2.75) is 64.0 Å². The number of fused-ring (bicyclic) bond motifs is 1. The van der Waals surface area contributed by atoms with Gasteiger partial charge in [0.2, 0.25) is 11.8 Å². The van der Waals surface area contributed by atoms with Crippen LogP contribution in [0.4, 0.5) is 17.1 Å². The van der Waals surface area contributed by atoms with E-state index >= 15 is 0 Å². The molecule has 9 rings (SSSR count). The minimum absolute atomic E-state index is 0.0910. The first-order valence-electron chi connectivity index (χ1n) is 21.4. The zero-order chi connectivity index (χ0) is 41.7. The summed E-state index contributed by atoms with van der Waals surface area (Å²) in [5, 5.41) is 12.0. The van der Waals surface area contributed by atoms with Crippen molar-refractivity contribution in [1.29, 1.82) is 5.26 Å². The molecule has 6 aliphatic heterocycles. The molecule has 5 saturated heterocycles. The molecule has 312 valence electrons. The lowest BCUT2D eigenvalue weighted by molar-refractivity contribution is -0.136. The highest BCUT2D eigenvalue weighted by Gasteiger charge is 2.46. The molecule has 6 heterocycles. The molecule has 3 aromatic carbocycles. The Kier molecular flexibility index (Phi) is 10.8. The van der Waals surface area contributed by atoms with Crippen molar-refractivity contribution < 1.29 is 24.0 Å². The maximum absolute atomic E-state index is 13.6. The van der Waals surface area contributed by atoms with Crippen LogP contribution >= 0.6 is 11.6 Å². The van der Waals surface area contributed by atoms with Crippen LogP contribution in [0.2, 0.25) is 5.02 Å². The van der Waals surface area contributed by atoms with Crippen molar-refractivity contribution in [2.24, 2.45) is 11.3 Å². The van der Waals surface area contributed by atoms with Crippen molar-refractivity contribution in [3.05, 3.63) is 87.9 Å². The molecule has 14 heteroatoms. The molecule has 0 radical (unpaired) electrons. The van der Waals surface area contributed by atoms with Crippen LogP contribution in [-0.4, -0.2) is 122 Å². The van der Waals surface area contributed by atoms with Crippen LogP contribution < -0.4 is 20.0 Å². The summed E-state index contributed by atoms with van der Waals surface area (Å²) >= 11 is 6.38. The molecule has 0 bridgehead atoms. The molecule has 13 nitrogen and oxygen atoms in total. The number of rotatable bonds is 7.